The highest BCUT2D eigenvalue weighted by atomic mass is 16.5. The number of likely N-dealkylation sites (tertiary alicyclic amines) is 1. The summed E-state index contributed by atoms with van der Waals surface area (Å²) in [5, 5.41) is 5.14. The number of carbonyl (C=O) groups excluding carboxylic acids is 2. The monoisotopic (exact) mass is 347 g/mol. The lowest BCUT2D eigenvalue weighted by Gasteiger charge is -2.24. The molecule has 7 nitrogen and oxygen atoms in total. The molecule has 1 fully saturated rings. The molecule has 0 unspecified atom stereocenters. The number of benzene rings is 1. The van der Waals surface area contributed by atoms with Crippen LogP contribution in [0.4, 0.5) is 0 Å². The standard InChI is InChI=1S/C18H25N3O4/c1-19-17(22)11-20-18(23)12-21-7-2-4-14(21)13-5-6-15-16(10-13)25-9-3-8-24-15/h5-6,10,14H,2-4,7-9,11-12H2,1H3,(H,19,22)(H,20,23)/t14-/m0/s1. The molecule has 7 heteroatoms. The minimum absolute atomic E-state index is 0.0118. The summed E-state index contributed by atoms with van der Waals surface area (Å²) < 4.78 is 11.5. The normalized spacial score (nSPS) is 20.0. The maximum Gasteiger partial charge on any atom is 0.239 e. The summed E-state index contributed by atoms with van der Waals surface area (Å²) in [5.41, 5.74) is 1.14. The van der Waals surface area contributed by atoms with Crippen LogP contribution in [0.2, 0.25) is 0 Å². The first-order valence-corrected chi connectivity index (χ1v) is 8.78. The predicted octanol–water partition coefficient (Wildman–Crippen LogP) is 0.847. The van der Waals surface area contributed by atoms with Crippen LogP contribution < -0.4 is 20.1 Å². The molecule has 0 aromatic heterocycles. The maximum absolute atomic E-state index is 12.1. The average Bonchev–Trinajstić information content (AvgIpc) is 2.95. The van der Waals surface area contributed by atoms with Gasteiger partial charge in [-0.1, -0.05) is 6.07 Å². The van der Waals surface area contributed by atoms with Gasteiger partial charge in [-0.05, 0) is 37.1 Å². The van der Waals surface area contributed by atoms with Crippen molar-refractivity contribution in [2.24, 2.45) is 0 Å². The highest BCUT2D eigenvalue weighted by Crippen LogP contribution is 2.37. The SMILES string of the molecule is CNC(=O)CNC(=O)CN1CCC[C@H]1c1ccc2c(c1)OCCCO2. The Bertz CT molecular complexity index is 635. The van der Waals surface area contributed by atoms with Crippen LogP contribution in [-0.2, 0) is 9.59 Å². The molecule has 2 aliphatic heterocycles. The van der Waals surface area contributed by atoms with E-state index in [0.717, 1.165) is 42.9 Å². The van der Waals surface area contributed by atoms with E-state index < -0.39 is 0 Å². The molecule has 3 rings (SSSR count). The van der Waals surface area contributed by atoms with Crippen LogP contribution in [0, 0.1) is 0 Å². The van der Waals surface area contributed by atoms with Crippen molar-refractivity contribution in [3.63, 3.8) is 0 Å². The average molecular weight is 347 g/mol. The quantitative estimate of drug-likeness (QED) is 0.825. The lowest BCUT2D eigenvalue weighted by molar-refractivity contribution is -0.126. The van der Waals surface area contributed by atoms with Crippen molar-refractivity contribution in [1.29, 1.82) is 0 Å². The Morgan fingerprint density at radius 3 is 2.76 bits per heavy atom. The van der Waals surface area contributed by atoms with E-state index in [9.17, 15) is 9.59 Å². The third kappa shape index (κ3) is 4.42. The van der Waals surface area contributed by atoms with Crippen molar-refractivity contribution in [3.05, 3.63) is 23.8 Å². The van der Waals surface area contributed by atoms with Crippen molar-refractivity contribution in [2.45, 2.75) is 25.3 Å². The smallest absolute Gasteiger partial charge is 0.239 e. The third-order valence-corrected chi connectivity index (χ3v) is 4.59. The number of nitrogens with zero attached hydrogens (tertiary/aromatic N) is 1. The summed E-state index contributed by atoms with van der Waals surface area (Å²) in [4.78, 5) is 25.5. The fourth-order valence-corrected chi connectivity index (χ4v) is 3.29. The summed E-state index contributed by atoms with van der Waals surface area (Å²) in [6.07, 6.45) is 2.93. The molecule has 1 atom stereocenters. The van der Waals surface area contributed by atoms with Crippen LogP contribution in [0.3, 0.4) is 0 Å². The molecule has 2 heterocycles. The first-order valence-electron chi connectivity index (χ1n) is 8.78. The Balaban J connectivity index is 1.64. The Labute approximate surface area is 147 Å². The van der Waals surface area contributed by atoms with Gasteiger partial charge in [-0.25, -0.2) is 0 Å². The molecule has 2 amide bonds. The molecule has 1 aromatic rings. The molecule has 0 bridgehead atoms. The second kappa shape index (κ2) is 8.20. The molecule has 2 aliphatic rings. The molecular formula is C18H25N3O4. The van der Waals surface area contributed by atoms with Gasteiger partial charge in [-0.3, -0.25) is 14.5 Å². The van der Waals surface area contributed by atoms with Crippen molar-refractivity contribution >= 4 is 11.8 Å². The summed E-state index contributed by atoms with van der Waals surface area (Å²) in [6.45, 7) is 2.50. The minimum Gasteiger partial charge on any atom is -0.490 e. The zero-order valence-corrected chi connectivity index (χ0v) is 14.5. The lowest BCUT2D eigenvalue weighted by atomic mass is 10.0. The number of nitrogens with one attached hydrogen (secondary N) is 2. The van der Waals surface area contributed by atoms with Gasteiger partial charge in [-0.15, -0.1) is 0 Å². The number of hydrogen-bond donors (Lipinski definition) is 2. The molecule has 0 spiro atoms. The maximum atomic E-state index is 12.1. The van der Waals surface area contributed by atoms with Gasteiger partial charge in [0, 0.05) is 19.5 Å². The zero-order chi connectivity index (χ0) is 17.6. The van der Waals surface area contributed by atoms with Gasteiger partial charge >= 0.3 is 0 Å². The fourth-order valence-electron chi connectivity index (χ4n) is 3.29. The number of ether oxygens (including phenoxy) is 2. The van der Waals surface area contributed by atoms with Crippen molar-refractivity contribution in [3.8, 4) is 11.5 Å². The Morgan fingerprint density at radius 1 is 1.16 bits per heavy atom. The molecule has 25 heavy (non-hydrogen) atoms. The Hall–Kier alpha value is -2.28. The molecule has 136 valence electrons. The van der Waals surface area contributed by atoms with E-state index in [4.69, 9.17) is 9.47 Å². The van der Waals surface area contributed by atoms with Crippen LogP contribution in [0.1, 0.15) is 30.9 Å². The highest BCUT2D eigenvalue weighted by molar-refractivity contribution is 5.85. The minimum atomic E-state index is -0.200. The lowest BCUT2D eigenvalue weighted by Crippen LogP contribution is -2.41. The van der Waals surface area contributed by atoms with Gasteiger partial charge in [0.05, 0.1) is 26.3 Å². The van der Waals surface area contributed by atoms with Crippen LogP contribution in [-0.4, -0.2) is 56.6 Å². The van der Waals surface area contributed by atoms with E-state index in [0.29, 0.717) is 13.2 Å². The zero-order valence-electron chi connectivity index (χ0n) is 14.5. The molecule has 0 radical (unpaired) electrons. The molecule has 1 aromatic carbocycles. The molecular weight excluding hydrogens is 322 g/mol. The van der Waals surface area contributed by atoms with Crippen molar-refractivity contribution in [1.82, 2.24) is 15.5 Å². The van der Waals surface area contributed by atoms with Crippen molar-refractivity contribution in [2.75, 3.05) is 39.9 Å². The first-order chi connectivity index (χ1) is 12.2. The van der Waals surface area contributed by atoms with Gasteiger partial charge in [-0.2, -0.15) is 0 Å². The van der Waals surface area contributed by atoms with E-state index in [2.05, 4.69) is 21.6 Å². The summed E-state index contributed by atoms with van der Waals surface area (Å²) in [5.74, 6) is 1.24. The molecule has 0 aliphatic carbocycles. The molecule has 1 saturated heterocycles. The number of amides is 2. The van der Waals surface area contributed by atoms with Gasteiger partial charge < -0.3 is 20.1 Å². The van der Waals surface area contributed by atoms with Crippen molar-refractivity contribution < 1.29 is 19.1 Å². The molecule has 0 saturated carbocycles. The van der Waals surface area contributed by atoms with E-state index >= 15 is 0 Å². The topological polar surface area (TPSA) is 79.9 Å². The van der Waals surface area contributed by atoms with Gasteiger partial charge in [0.1, 0.15) is 0 Å². The number of carbonyl (C=O) groups is 2. The highest BCUT2D eigenvalue weighted by Gasteiger charge is 2.28. The fraction of sp³-hybridized carbons (Fsp3) is 0.556. The first kappa shape index (κ1) is 17.5. The van der Waals surface area contributed by atoms with Gasteiger partial charge in [0.2, 0.25) is 11.8 Å². The van der Waals surface area contributed by atoms with Crippen LogP contribution in [0.5, 0.6) is 11.5 Å². The number of fused-ring (bicyclic) bond motifs is 1. The Morgan fingerprint density at radius 2 is 1.96 bits per heavy atom. The van der Waals surface area contributed by atoms with E-state index in [-0.39, 0.29) is 30.9 Å². The van der Waals surface area contributed by atoms with E-state index in [1.165, 1.54) is 0 Å². The summed E-state index contributed by atoms with van der Waals surface area (Å²) in [7, 11) is 1.55. The second-order valence-corrected chi connectivity index (χ2v) is 6.34. The van der Waals surface area contributed by atoms with E-state index in [1.54, 1.807) is 7.05 Å². The predicted molar refractivity (Wildman–Crippen MR) is 92.7 cm³/mol. The van der Waals surface area contributed by atoms with E-state index in [1.807, 2.05) is 12.1 Å². The molecule has 2 N–H and O–H groups in total. The van der Waals surface area contributed by atoms with Crippen LogP contribution in [0.15, 0.2) is 18.2 Å². The number of hydrogen-bond acceptors (Lipinski definition) is 5. The van der Waals surface area contributed by atoms with Gasteiger partial charge in [0.25, 0.3) is 0 Å². The van der Waals surface area contributed by atoms with Gasteiger partial charge in [0.15, 0.2) is 11.5 Å². The number of rotatable bonds is 5. The van der Waals surface area contributed by atoms with Crippen LogP contribution >= 0.6 is 0 Å². The second-order valence-electron chi connectivity index (χ2n) is 6.34. The number of likely N-dealkylation sites (N-methyl/N-ethyl adjacent to an activating group) is 1. The Kier molecular flexibility index (Phi) is 5.75. The largest absolute Gasteiger partial charge is 0.490 e. The third-order valence-electron chi connectivity index (χ3n) is 4.59. The van der Waals surface area contributed by atoms with Crippen LogP contribution in [0.25, 0.3) is 0 Å². The summed E-state index contributed by atoms with van der Waals surface area (Å²) >= 11 is 0. The summed E-state index contributed by atoms with van der Waals surface area (Å²) in [6, 6.07) is 6.23.